The molecule has 0 aromatic carbocycles. The predicted octanol–water partition coefficient (Wildman–Crippen LogP) is -2.97. The van der Waals surface area contributed by atoms with Crippen LogP contribution in [0, 0.1) is 11.8 Å². The minimum atomic E-state index is -0.933. The van der Waals surface area contributed by atoms with Crippen molar-refractivity contribution in [2.45, 2.75) is 61.8 Å². The Balaban J connectivity index is 1.41. The summed E-state index contributed by atoms with van der Waals surface area (Å²) in [4.78, 5) is 53.9. The average Bonchev–Trinajstić information content (AvgIpc) is 3.32. The topological polar surface area (TPSA) is 176 Å². The number of aliphatic hydroxyl groups excluding tert-OH is 2. The van der Waals surface area contributed by atoms with Crippen LogP contribution in [0.25, 0.3) is 0 Å². The van der Waals surface area contributed by atoms with Gasteiger partial charge in [-0.05, 0) is 0 Å². The molecule has 14 heteroatoms. The number of nitrogens with one attached hydrogen (secondary N) is 2. The molecule has 4 bridgehead atoms. The summed E-state index contributed by atoms with van der Waals surface area (Å²) >= 11 is 0. The van der Waals surface area contributed by atoms with Crippen molar-refractivity contribution in [1.82, 2.24) is 20.4 Å². The Labute approximate surface area is 187 Å². The number of imide groups is 2. The Bertz CT molecular complexity index is 902. The van der Waals surface area contributed by atoms with Gasteiger partial charge in [0.15, 0.2) is 0 Å². The minimum Gasteiger partial charge on any atom is -0.394 e. The molecular formula is C19H24N4O10. The lowest BCUT2D eigenvalue weighted by molar-refractivity contribution is -0.190. The SMILES string of the molecule is O=C1NC(=O)N2[C@@H]3[C@H]1[C@@H]1C(=O)NC(=O)N([C@@H]13)[C@H]1C[C@H](O)[C@@H](COCO[C@H]3C[C@H]2O[C@@H]3CO)O1. The van der Waals surface area contributed by atoms with E-state index in [9.17, 15) is 29.4 Å². The first-order valence-corrected chi connectivity index (χ1v) is 10.9. The summed E-state index contributed by atoms with van der Waals surface area (Å²) in [5, 5.41) is 24.8. The summed E-state index contributed by atoms with van der Waals surface area (Å²) in [6.07, 6.45) is -4.49. The Morgan fingerprint density at radius 3 is 2.09 bits per heavy atom. The number of ether oxygens (including phenoxy) is 4. The summed E-state index contributed by atoms with van der Waals surface area (Å²) in [7, 11) is 0. The molecule has 1 aliphatic carbocycles. The highest BCUT2D eigenvalue weighted by Crippen LogP contribution is 2.49. The second kappa shape index (κ2) is 7.58. The Kier molecular flexibility index (Phi) is 4.87. The van der Waals surface area contributed by atoms with Crippen LogP contribution in [-0.4, -0.2) is 113 Å². The van der Waals surface area contributed by atoms with Gasteiger partial charge in [0, 0.05) is 12.8 Å². The Morgan fingerprint density at radius 1 is 0.879 bits per heavy atom. The van der Waals surface area contributed by atoms with Crippen LogP contribution in [0.15, 0.2) is 0 Å². The van der Waals surface area contributed by atoms with Crippen LogP contribution in [0.5, 0.6) is 0 Å². The summed E-state index contributed by atoms with van der Waals surface area (Å²) in [5.41, 5.74) is 0. The predicted molar refractivity (Wildman–Crippen MR) is 101 cm³/mol. The molecule has 0 unspecified atom stereocenters. The first kappa shape index (κ1) is 21.2. The van der Waals surface area contributed by atoms with Crippen LogP contribution in [-0.2, 0) is 28.5 Å². The summed E-state index contributed by atoms with van der Waals surface area (Å²) in [5.74, 6) is -2.99. The zero-order valence-corrected chi connectivity index (χ0v) is 17.4. The molecule has 5 aliphatic heterocycles. The summed E-state index contributed by atoms with van der Waals surface area (Å²) in [6, 6.07) is -3.12. The van der Waals surface area contributed by atoms with Gasteiger partial charge in [0.05, 0.1) is 49.3 Å². The molecular weight excluding hydrogens is 444 g/mol. The van der Waals surface area contributed by atoms with Gasteiger partial charge < -0.3 is 29.2 Å². The van der Waals surface area contributed by atoms with Crippen molar-refractivity contribution < 1.29 is 48.3 Å². The van der Waals surface area contributed by atoms with Crippen molar-refractivity contribution >= 4 is 23.9 Å². The quantitative estimate of drug-likeness (QED) is 0.311. The van der Waals surface area contributed by atoms with Crippen molar-refractivity contribution in [3.05, 3.63) is 0 Å². The first-order chi connectivity index (χ1) is 15.9. The molecule has 0 aromatic heterocycles. The first-order valence-electron chi connectivity index (χ1n) is 10.9. The number of hydrogen-bond donors (Lipinski definition) is 4. The van der Waals surface area contributed by atoms with Gasteiger partial charge in [0.25, 0.3) is 0 Å². The molecule has 6 fully saturated rings. The van der Waals surface area contributed by atoms with Gasteiger partial charge in [-0.1, -0.05) is 0 Å². The van der Waals surface area contributed by atoms with Gasteiger partial charge in [-0.2, -0.15) is 0 Å². The fraction of sp³-hybridized carbons (Fsp3) is 0.789. The van der Waals surface area contributed by atoms with E-state index in [4.69, 9.17) is 18.9 Å². The number of rotatable bonds is 1. The van der Waals surface area contributed by atoms with E-state index in [0.29, 0.717) is 0 Å². The maximum Gasteiger partial charge on any atom is 0.326 e. The number of carbonyl (C=O) groups is 4. The van der Waals surface area contributed by atoms with Crippen LogP contribution in [0.4, 0.5) is 9.59 Å². The minimum absolute atomic E-state index is 0.0000192. The van der Waals surface area contributed by atoms with Gasteiger partial charge in [-0.25, -0.2) is 9.59 Å². The van der Waals surface area contributed by atoms with Crippen molar-refractivity contribution in [2.75, 3.05) is 20.0 Å². The fourth-order valence-corrected chi connectivity index (χ4v) is 5.98. The number of fused-ring (bicyclic) bond motifs is 7. The zero-order chi connectivity index (χ0) is 23.0. The average molecular weight is 468 g/mol. The van der Waals surface area contributed by atoms with E-state index >= 15 is 0 Å². The maximum atomic E-state index is 12.9. The lowest BCUT2D eigenvalue weighted by Gasteiger charge is -2.62. The van der Waals surface area contributed by atoms with Crippen LogP contribution in [0.2, 0.25) is 0 Å². The van der Waals surface area contributed by atoms with E-state index in [1.807, 2.05) is 0 Å². The third-order valence-corrected chi connectivity index (χ3v) is 7.48. The lowest BCUT2D eigenvalue weighted by Crippen LogP contribution is -2.84. The number of hydrogen-bond acceptors (Lipinski definition) is 10. The molecule has 5 heterocycles. The van der Waals surface area contributed by atoms with Crippen molar-refractivity contribution in [3.8, 4) is 0 Å². The van der Waals surface area contributed by atoms with Gasteiger partial charge in [0.1, 0.15) is 31.5 Å². The third kappa shape index (κ3) is 3.02. The van der Waals surface area contributed by atoms with E-state index < -0.39 is 84.7 Å². The third-order valence-electron chi connectivity index (χ3n) is 7.48. The summed E-state index contributed by atoms with van der Waals surface area (Å²) < 4.78 is 23.0. The van der Waals surface area contributed by atoms with Crippen LogP contribution >= 0.6 is 0 Å². The monoisotopic (exact) mass is 468 g/mol. The highest BCUT2D eigenvalue weighted by molar-refractivity contribution is 6.07. The molecule has 180 valence electrons. The molecule has 33 heavy (non-hydrogen) atoms. The maximum absolute atomic E-state index is 12.9. The number of carbonyl (C=O) groups excluding carboxylic acids is 4. The molecule has 10 atom stereocenters. The molecule has 5 saturated heterocycles. The second-order valence-electron chi connectivity index (χ2n) is 9.11. The zero-order valence-electron chi connectivity index (χ0n) is 17.4. The highest BCUT2D eigenvalue weighted by Gasteiger charge is 2.70. The standard InChI is InChI=1S/C19H24N4O10/c24-3-8-7-2-11(32-8)23-15-13(17(27)21-19(23)29)12-14(15)22(18(28)20-16(12)26)10-1-6(25)9(33-10)4-30-5-31-7/h6-15,24-25H,1-5H2,(H,20,26,28)(H,21,27,29)/t6-,7-,8+,9+,10+,11+,12-,13+,14-,15+/m0/s1. The Hall–Kier alpha value is -2.36. The molecule has 6 amide bonds. The molecule has 0 aromatic rings. The molecule has 0 spiro atoms. The van der Waals surface area contributed by atoms with Gasteiger partial charge in [0.2, 0.25) is 11.8 Å². The van der Waals surface area contributed by atoms with Crippen LogP contribution in [0.1, 0.15) is 12.8 Å². The highest BCUT2D eigenvalue weighted by atomic mass is 16.7. The lowest BCUT2D eigenvalue weighted by atomic mass is 9.60. The van der Waals surface area contributed by atoms with Crippen molar-refractivity contribution in [3.63, 3.8) is 0 Å². The second-order valence-corrected chi connectivity index (χ2v) is 9.11. The number of urea groups is 2. The van der Waals surface area contributed by atoms with E-state index in [2.05, 4.69) is 10.6 Å². The van der Waals surface area contributed by atoms with Gasteiger partial charge in [-0.15, -0.1) is 0 Å². The van der Waals surface area contributed by atoms with Crippen molar-refractivity contribution in [2.24, 2.45) is 11.8 Å². The molecule has 6 aliphatic rings. The largest absolute Gasteiger partial charge is 0.394 e. The summed E-state index contributed by atoms with van der Waals surface area (Å²) in [6.45, 7) is -0.524. The molecule has 0 radical (unpaired) electrons. The Morgan fingerprint density at radius 2 is 1.48 bits per heavy atom. The number of amides is 6. The van der Waals surface area contributed by atoms with E-state index in [1.54, 1.807) is 0 Å². The smallest absolute Gasteiger partial charge is 0.326 e. The number of nitrogens with zero attached hydrogens (tertiary/aromatic N) is 2. The number of aliphatic hydroxyl groups is 2. The van der Waals surface area contributed by atoms with Crippen LogP contribution in [0.3, 0.4) is 0 Å². The molecule has 14 nitrogen and oxygen atoms in total. The molecule has 6 rings (SSSR count). The fourth-order valence-electron chi connectivity index (χ4n) is 5.98. The van der Waals surface area contributed by atoms with Crippen molar-refractivity contribution in [1.29, 1.82) is 0 Å². The normalized spacial score (nSPS) is 46.8. The van der Waals surface area contributed by atoms with Gasteiger partial charge in [-0.3, -0.25) is 30.0 Å². The van der Waals surface area contributed by atoms with Crippen LogP contribution < -0.4 is 10.6 Å². The van der Waals surface area contributed by atoms with E-state index in [-0.39, 0.29) is 32.8 Å². The van der Waals surface area contributed by atoms with Gasteiger partial charge >= 0.3 is 12.1 Å². The van der Waals surface area contributed by atoms with E-state index in [0.717, 1.165) is 0 Å². The molecule has 4 N–H and O–H groups in total. The molecule has 1 saturated carbocycles. The van der Waals surface area contributed by atoms with E-state index in [1.165, 1.54) is 9.80 Å².